The van der Waals surface area contributed by atoms with Crippen LogP contribution >= 0.6 is 11.6 Å². The van der Waals surface area contributed by atoms with Gasteiger partial charge in [0.1, 0.15) is 0 Å². The van der Waals surface area contributed by atoms with Crippen LogP contribution in [0.25, 0.3) is 0 Å². The average molecular weight is 180 g/mol. The van der Waals surface area contributed by atoms with Gasteiger partial charge < -0.3 is 4.90 Å². The Morgan fingerprint density at radius 1 is 1.33 bits per heavy atom. The van der Waals surface area contributed by atoms with Crippen LogP contribution in [-0.4, -0.2) is 7.05 Å². The molecule has 0 aromatic heterocycles. The highest BCUT2D eigenvalue weighted by Gasteiger charge is 2.11. The molecule has 62 valence electrons. The molecule has 1 aromatic carbocycles. The zero-order valence-electron chi connectivity index (χ0n) is 6.92. The van der Waals surface area contributed by atoms with Crippen LogP contribution in [0.15, 0.2) is 35.5 Å². The van der Waals surface area contributed by atoms with Crippen LogP contribution in [0.1, 0.15) is 5.56 Å². The van der Waals surface area contributed by atoms with Crippen molar-refractivity contribution in [1.29, 1.82) is 0 Å². The Bertz CT molecular complexity index is 330. The summed E-state index contributed by atoms with van der Waals surface area (Å²) in [5, 5.41) is 0.899. The highest BCUT2D eigenvalue weighted by molar-refractivity contribution is 6.30. The molecule has 0 saturated carbocycles. The lowest BCUT2D eigenvalue weighted by Gasteiger charge is -2.23. The maximum Gasteiger partial charge on any atom is 0.0440 e. The van der Waals surface area contributed by atoms with Crippen LogP contribution in [0.3, 0.4) is 0 Å². The zero-order chi connectivity index (χ0) is 8.55. The first-order valence-corrected chi connectivity index (χ1v) is 4.32. The molecular formula is C10H10ClN. The molecule has 0 fully saturated rings. The minimum atomic E-state index is 0.863. The van der Waals surface area contributed by atoms with Crippen molar-refractivity contribution in [2.45, 2.75) is 6.42 Å². The molecule has 12 heavy (non-hydrogen) atoms. The molecule has 2 heteroatoms. The SMILES string of the molecule is CN1C=C(Cl)Cc2ccccc21. The third-order valence-corrected chi connectivity index (χ3v) is 2.30. The molecular weight excluding hydrogens is 170 g/mol. The van der Waals surface area contributed by atoms with E-state index in [-0.39, 0.29) is 0 Å². The molecule has 0 unspecified atom stereocenters. The quantitative estimate of drug-likeness (QED) is 0.592. The van der Waals surface area contributed by atoms with E-state index < -0.39 is 0 Å². The molecule has 0 saturated heterocycles. The zero-order valence-corrected chi connectivity index (χ0v) is 7.67. The third-order valence-electron chi connectivity index (χ3n) is 2.06. The summed E-state index contributed by atoms with van der Waals surface area (Å²) >= 11 is 5.96. The number of rotatable bonds is 0. The summed E-state index contributed by atoms with van der Waals surface area (Å²) in [6.45, 7) is 0. The number of allylic oxidation sites excluding steroid dienone is 1. The Kier molecular flexibility index (Phi) is 1.81. The number of benzene rings is 1. The van der Waals surface area contributed by atoms with Crippen LogP contribution in [0.4, 0.5) is 5.69 Å². The van der Waals surface area contributed by atoms with Crippen molar-refractivity contribution >= 4 is 17.3 Å². The molecule has 0 N–H and O–H groups in total. The van der Waals surface area contributed by atoms with Crippen LogP contribution in [0.5, 0.6) is 0 Å². The van der Waals surface area contributed by atoms with E-state index in [9.17, 15) is 0 Å². The van der Waals surface area contributed by atoms with Crippen molar-refractivity contribution in [3.8, 4) is 0 Å². The van der Waals surface area contributed by atoms with Crippen molar-refractivity contribution < 1.29 is 0 Å². The van der Waals surface area contributed by atoms with Gasteiger partial charge in [-0.2, -0.15) is 0 Å². The molecule has 1 aliphatic rings. The van der Waals surface area contributed by atoms with Gasteiger partial charge in [0.15, 0.2) is 0 Å². The third kappa shape index (κ3) is 1.21. The van der Waals surface area contributed by atoms with Crippen molar-refractivity contribution in [3.05, 3.63) is 41.1 Å². The Morgan fingerprint density at radius 3 is 2.92 bits per heavy atom. The van der Waals surface area contributed by atoms with Gasteiger partial charge in [0.2, 0.25) is 0 Å². The molecule has 1 aromatic rings. The molecule has 2 rings (SSSR count). The predicted octanol–water partition coefficient (Wildman–Crippen LogP) is 2.76. The standard InChI is InChI=1S/C10H10ClN/c1-12-7-9(11)6-8-4-2-3-5-10(8)12/h2-5,7H,6H2,1H3. The van der Waals surface area contributed by atoms with Gasteiger partial charge in [-0.05, 0) is 11.6 Å². The molecule has 1 aliphatic heterocycles. The number of hydrogen-bond donors (Lipinski definition) is 0. The van der Waals surface area contributed by atoms with E-state index >= 15 is 0 Å². The highest BCUT2D eigenvalue weighted by atomic mass is 35.5. The summed E-state index contributed by atoms with van der Waals surface area (Å²) in [6.07, 6.45) is 2.83. The average Bonchev–Trinajstić information content (AvgIpc) is 2.04. The molecule has 0 radical (unpaired) electrons. The Balaban J connectivity index is 2.48. The smallest absolute Gasteiger partial charge is 0.0440 e. The molecule has 1 nitrogen and oxygen atoms in total. The number of hydrogen-bond acceptors (Lipinski definition) is 1. The van der Waals surface area contributed by atoms with Gasteiger partial charge in [0.05, 0.1) is 0 Å². The summed E-state index contributed by atoms with van der Waals surface area (Å²) in [5.41, 5.74) is 2.55. The predicted molar refractivity (Wildman–Crippen MR) is 52.5 cm³/mol. The number of para-hydroxylation sites is 1. The molecule has 1 heterocycles. The second kappa shape index (κ2) is 2.83. The Hall–Kier alpha value is -0.950. The normalized spacial score (nSPS) is 15.5. The summed E-state index contributed by atoms with van der Waals surface area (Å²) < 4.78 is 0. The maximum atomic E-state index is 5.96. The van der Waals surface area contributed by atoms with E-state index in [0.29, 0.717) is 0 Å². The summed E-state index contributed by atoms with van der Waals surface area (Å²) in [5.74, 6) is 0. The van der Waals surface area contributed by atoms with Gasteiger partial charge >= 0.3 is 0 Å². The van der Waals surface area contributed by atoms with Gasteiger partial charge in [-0.3, -0.25) is 0 Å². The molecule has 0 aliphatic carbocycles. The first-order chi connectivity index (χ1) is 5.77. The summed E-state index contributed by atoms with van der Waals surface area (Å²) in [7, 11) is 2.01. The van der Waals surface area contributed by atoms with E-state index in [4.69, 9.17) is 11.6 Å². The lowest BCUT2D eigenvalue weighted by atomic mass is 10.1. The van der Waals surface area contributed by atoms with Gasteiger partial charge in [0, 0.05) is 30.4 Å². The lowest BCUT2D eigenvalue weighted by molar-refractivity contribution is 1.07. The van der Waals surface area contributed by atoms with Crippen molar-refractivity contribution in [2.24, 2.45) is 0 Å². The van der Waals surface area contributed by atoms with E-state index in [1.165, 1.54) is 11.3 Å². The number of anilines is 1. The first kappa shape index (κ1) is 7.69. The lowest BCUT2D eigenvalue weighted by Crippen LogP contribution is -2.15. The molecule has 0 bridgehead atoms. The number of halogens is 1. The molecule has 0 atom stereocenters. The van der Waals surface area contributed by atoms with Crippen LogP contribution in [0.2, 0.25) is 0 Å². The fourth-order valence-corrected chi connectivity index (χ4v) is 1.80. The van der Waals surface area contributed by atoms with Crippen molar-refractivity contribution in [1.82, 2.24) is 0 Å². The second-order valence-electron chi connectivity index (χ2n) is 2.99. The van der Waals surface area contributed by atoms with Crippen molar-refractivity contribution in [2.75, 3.05) is 11.9 Å². The first-order valence-electron chi connectivity index (χ1n) is 3.94. The van der Waals surface area contributed by atoms with Gasteiger partial charge in [-0.1, -0.05) is 29.8 Å². The van der Waals surface area contributed by atoms with Gasteiger partial charge in [0.25, 0.3) is 0 Å². The fourth-order valence-electron chi connectivity index (χ4n) is 1.51. The minimum absolute atomic E-state index is 0.863. The topological polar surface area (TPSA) is 3.24 Å². The van der Waals surface area contributed by atoms with Gasteiger partial charge in [-0.25, -0.2) is 0 Å². The number of nitrogens with zero attached hydrogens (tertiary/aromatic N) is 1. The Morgan fingerprint density at radius 2 is 2.08 bits per heavy atom. The number of fused-ring (bicyclic) bond motifs is 1. The van der Waals surface area contributed by atoms with E-state index in [0.717, 1.165) is 11.5 Å². The Labute approximate surface area is 77.3 Å². The second-order valence-corrected chi connectivity index (χ2v) is 3.48. The maximum absolute atomic E-state index is 5.96. The van der Waals surface area contributed by atoms with Crippen LogP contribution in [-0.2, 0) is 6.42 Å². The molecule has 0 spiro atoms. The minimum Gasteiger partial charge on any atom is -0.350 e. The largest absolute Gasteiger partial charge is 0.350 e. The molecule has 0 amide bonds. The summed E-state index contributed by atoms with van der Waals surface area (Å²) in [4.78, 5) is 2.06. The van der Waals surface area contributed by atoms with E-state index in [2.05, 4.69) is 17.0 Å². The fraction of sp³-hybridized carbons (Fsp3) is 0.200. The van der Waals surface area contributed by atoms with E-state index in [1.54, 1.807) is 0 Å². The van der Waals surface area contributed by atoms with Crippen LogP contribution < -0.4 is 4.90 Å². The van der Waals surface area contributed by atoms with Crippen molar-refractivity contribution in [3.63, 3.8) is 0 Å². The van der Waals surface area contributed by atoms with Gasteiger partial charge in [-0.15, -0.1) is 0 Å². The highest BCUT2D eigenvalue weighted by Crippen LogP contribution is 2.28. The van der Waals surface area contributed by atoms with Crippen LogP contribution in [0, 0.1) is 0 Å². The monoisotopic (exact) mass is 179 g/mol. The van der Waals surface area contributed by atoms with E-state index in [1.807, 2.05) is 25.4 Å². The summed E-state index contributed by atoms with van der Waals surface area (Å²) in [6, 6.07) is 8.31.